The predicted molar refractivity (Wildman–Crippen MR) is 104 cm³/mol. The summed E-state index contributed by atoms with van der Waals surface area (Å²) in [6.45, 7) is 5.64. The van der Waals surface area contributed by atoms with E-state index in [2.05, 4.69) is 20.4 Å². The van der Waals surface area contributed by atoms with Crippen molar-refractivity contribution >= 4 is 17.7 Å². The number of nitrogens with zero attached hydrogens (tertiary/aromatic N) is 4. The number of hydrogen-bond acceptors (Lipinski definition) is 8. The highest BCUT2D eigenvalue weighted by atomic mass is 16.7. The molecule has 0 aliphatic carbocycles. The normalized spacial score (nSPS) is 13.3. The number of hydrogen-bond donors (Lipinski definition) is 1. The molecule has 0 bridgehead atoms. The van der Waals surface area contributed by atoms with Gasteiger partial charge in [-0.05, 0) is 38.5 Å². The van der Waals surface area contributed by atoms with Crippen LogP contribution in [0.2, 0.25) is 0 Å². The summed E-state index contributed by atoms with van der Waals surface area (Å²) in [5, 5.41) is 6.86. The fourth-order valence-electron chi connectivity index (χ4n) is 3.23. The molecule has 0 spiro atoms. The molecule has 10 nitrogen and oxygen atoms in total. The molecule has 0 saturated carbocycles. The van der Waals surface area contributed by atoms with E-state index in [1.165, 1.54) is 13.3 Å². The van der Waals surface area contributed by atoms with Gasteiger partial charge in [0.25, 0.3) is 11.7 Å². The largest absolute Gasteiger partial charge is 0.454 e. The van der Waals surface area contributed by atoms with Gasteiger partial charge < -0.3 is 19.5 Å². The van der Waals surface area contributed by atoms with Gasteiger partial charge in [-0.1, -0.05) is 6.07 Å². The van der Waals surface area contributed by atoms with E-state index in [4.69, 9.17) is 14.2 Å². The SMILES string of the molecule is Cc1nc2ncnn2c(C)c1CC(=O)O[C@H](C)C(=O)NCc1ccc2c(c1)OCO2. The lowest BCUT2D eigenvalue weighted by Crippen LogP contribution is -2.35. The van der Waals surface area contributed by atoms with Crippen molar-refractivity contribution < 1.29 is 23.8 Å². The Morgan fingerprint density at radius 3 is 2.90 bits per heavy atom. The van der Waals surface area contributed by atoms with Crippen LogP contribution in [0.5, 0.6) is 11.5 Å². The second kappa shape index (κ2) is 7.97. The molecule has 1 amide bonds. The molecule has 3 heterocycles. The Bertz CT molecular complexity index is 1130. The Labute approximate surface area is 172 Å². The molecule has 156 valence electrons. The number of amides is 1. The Balaban J connectivity index is 1.33. The van der Waals surface area contributed by atoms with E-state index in [1.54, 1.807) is 23.6 Å². The van der Waals surface area contributed by atoms with Gasteiger partial charge in [0, 0.05) is 23.5 Å². The van der Waals surface area contributed by atoms with Crippen molar-refractivity contribution in [1.82, 2.24) is 24.9 Å². The van der Waals surface area contributed by atoms with Crippen LogP contribution in [0.1, 0.15) is 29.4 Å². The lowest BCUT2D eigenvalue weighted by molar-refractivity contribution is -0.154. The van der Waals surface area contributed by atoms with Gasteiger partial charge in [0.15, 0.2) is 17.6 Å². The van der Waals surface area contributed by atoms with E-state index in [-0.39, 0.29) is 25.7 Å². The van der Waals surface area contributed by atoms with E-state index in [1.807, 2.05) is 13.0 Å². The number of nitrogens with one attached hydrogen (secondary N) is 1. The Morgan fingerprint density at radius 1 is 1.27 bits per heavy atom. The fraction of sp³-hybridized carbons (Fsp3) is 0.350. The third-order valence-electron chi connectivity index (χ3n) is 4.89. The van der Waals surface area contributed by atoms with Crippen molar-refractivity contribution in [2.45, 2.75) is 39.8 Å². The Hall–Kier alpha value is -3.69. The first kappa shape index (κ1) is 19.6. The molecule has 1 aliphatic heterocycles. The summed E-state index contributed by atoms with van der Waals surface area (Å²) in [6.07, 6.45) is 0.458. The van der Waals surface area contributed by atoms with Crippen molar-refractivity contribution in [3.05, 3.63) is 47.0 Å². The smallest absolute Gasteiger partial charge is 0.311 e. The highest BCUT2D eigenvalue weighted by Gasteiger charge is 2.21. The van der Waals surface area contributed by atoms with Gasteiger partial charge in [-0.3, -0.25) is 9.59 Å². The highest BCUT2D eigenvalue weighted by Crippen LogP contribution is 2.32. The average molecular weight is 411 g/mol. The number of aryl methyl sites for hydroxylation is 2. The Kier molecular flexibility index (Phi) is 5.21. The number of rotatable bonds is 6. The minimum atomic E-state index is -0.935. The number of ether oxygens (including phenoxy) is 3. The lowest BCUT2D eigenvalue weighted by atomic mass is 10.1. The van der Waals surface area contributed by atoms with E-state index >= 15 is 0 Å². The molecule has 2 aromatic heterocycles. The molecule has 0 radical (unpaired) electrons. The molecule has 1 aliphatic rings. The van der Waals surface area contributed by atoms with Crippen LogP contribution in [-0.2, 0) is 27.3 Å². The number of fused-ring (bicyclic) bond motifs is 2. The Morgan fingerprint density at radius 2 is 2.07 bits per heavy atom. The predicted octanol–water partition coefficient (Wildman–Crippen LogP) is 1.26. The van der Waals surface area contributed by atoms with Gasteiger partial charge in [-0.25, -0.2) is 9.50 Å². The van der Waals surface area contributed by atoms with Crippen LogP contribution in [0.3, 0.4) is 0 Å². The summed E-state index contributed by atoms with van der Waals surface area (Å²) in [5.74, 6) is 0.882. The standard InChI is InChI=1S/C20H21N5O5/c1-11-15(12(2)25-20(24-11)22-9-23-25)7-18(26)30-13(3)19(27)21-8-14-4-5-16-17(6-14)29-10-28-16/h4-6,9,13H,7-8,10H2,1-3H3,(H,21,27)/t13-/m1/s1. The molecule has 0 saturated heterocycles. The van der Waals surface area contributed by atoms with Crippen molar-refractivity contribution in [2.24, 2.45) is 0 Å². The summed E-state index contributed by atoms with van der Waals surface area (Å²) in [5.41, 5.74) is 2.98. The number of carbonyl (C=O) groups is 2. The lowest BCUT2D eigenvalue weighted by Gasteiger charge is -2.15. The molecular weight excluding hydrogens is 390 g/mol. The number of carbonyl (C=O) groups excluding carboxylic acids is 2. The first-order valence-corrected chi connectivity index (χ1v) is 9.44. The van der Waals surface area contributed by atoms with Crippen LogP contribution in [0.4, 0.5) is 0 Å². The molecular formula is C20H21N5O5. The van der Waals surface area contributed by atoms with Crippen LogP contribution < -0.4 is 14.8 Å². The molecule has 30 heavy (non-hydrogen) atoms. The minimum absolute atomic E-state index is 0.0136. The highest BCUT2D eigenvalue weighted by molar-refractivity contribution is 5.84. The summed E-state index contributed by atoms with van der Waals surface area (Å²) >= 11 is 0. The quantitative estimate of drug-likeness (QED) is 0.603. The maximum absolute atomic E-state index is 12.4. The van der Waals surface area contributed by atoms with Crippen molar-refractivity contribution in [3.8, 4) is 11.5 Å². The maximum Gasteiger partial charge on any atom is 0.311 e. The zero-order chi connectivity index (χ0) is 21.3. The zero-order valence-corrected chi connectivity index (χ0v) is 16.8. The van der Waals surface area contributed by atoms with Crippen molar-refractivity contribution in [1.29, 1.82) is 0 Å². The third kappa shape index (κ3) is 3.88. The molecule has 10 heteroatoms. The number of benzene rings is 1. The van der Waals surface area contributed by atoms with Gasteiger partial charge in [0.2, 0.25) is 6.79 Å². The van der Waals surface area contributed by atoms with Gasteiger partial charge in [0.1, 0.15) is 6.33 Å². The van der Waals surface area contributed by atoms with E-state index < -0.39 is 12.1 Å². The van der Waals surface area contributed by atoms with Gasteiger partial charge in [-0.15, -0.1) is 0 Å². The number of aromatic nitrogens is 4. The fourth-order valence-corrected chi connectivity index (χ4v) is 3.23. The van der Waals surface area contributed by atoms with E-state index in [0.717, 1.165) is 11.3 Å². The third-order valence-corrected chi connectivity index (χ3v) is 4.89. The maximum atomic E-state index is 12.4. The summed E-state index contributed by atoms with van der Waals surface area (Å²) in [6, 6.07) is 5.43. The molecule has 3 aromatic rings. The minimum Gasteiger partial charge on any atom is -0.454 e. The van der Waals surface area contributed by atoms with Crippen LogP contribution in [0.25, 0.3) is 5.78 Å². The zero-order valence-electron chi connectivity index (χ0n) is 16.8. The number of esters is 1. The molecule has 1 atom stereocenters. The monoisotopic (exact) mass is 411 g/mol. The van der Waals surface area contributed by atoms with Crippen molar-refractivity contribution in [3.63, 3.8) is 0 Å². The molecule has 1 N–H and O–H groups in total. The van der Waals surface area contributed by atoms with E-state index in [9.17, 15) is 9.59 Å². The van der Waals surface area contributed by atoms with Crippen LogP contribution in [-0.4, -0.2) is 44.4 Å². The second-order valence-electron chi connectivity index (χ2n) is 6.95. The summed E-state index contributed by atoms with van der Waals surface area (Å²) in [4.78, 5) is 33.1. The summed E-state index contributed by atoms with van der Waals surface area (Å²) < 4.78 is 17.5. The molecule has 4 rings (SSSR count). The molecule has 1 aromatic carbocycles. The van der Waals surface area contributed by atoms with Crippen LogP contribution in [0, 0.1) is 13.8 Å². The second-order valence-corrected chi connectivity index (χ2v) is 6.95. The molecule has 0 fully saturated rings. The van der Waals surface area contributed by atoms with Crippen LogP contribution >= 0.6 is 0 Å². The van der Waals surface area contributed by atoms with Gasteiger partial charge in [-0.2, -0.15) is 10.1 Å². The average Bonchev–Trinajstić information content (AvgIpc) is 3.37. The van der Waals surface area contributed by atoms with Gasteiger partial charge in [0.05, 0.1) is 6.42 Å². The topological polar surface area (TPSA) is 117 Å². The first-order chi connectivity index (χ1) is 14.4. The van der Waals surface area contributed by atoms with Gasteiger partial charge >= 0.3 is 5.97 Å². The molecule has 0 unspecified atom stereocenters. The summed E-state index contributed by atoms with van der Waals surface area (Å²) in [7, 11) is 0. The van der Waals surface area contributed by atoms with E-state index in [0.29, 0.717) is 28.5 Å². The van der Waals surface area contributed by atoms with Crippen LogP contribution in [0.15, 0.2) is 24.5 Å². The first-order valence-electron chi connectivity index (χ1n) is 9.44. The van der Waals surface area contributed by atoms with Crippen molar-refractivity contribution in [2.75, 3.05) is 6.79 Å².